The standard InChI is InChI=1S/C23H25N3O7/c27-7-3-4-8-32-16-10-14(9-15(29)11-16)12-24-23-25-17-5-1-2-6-18(17)26(23)22-21(31)20(30)19(13-28)33-22/h1-2,5-6,9-11,19,22,27-29H,3-4,7-8,12-13H2,(H,24,25)/t19-,22-/m1/s1. The highest BCUT2D eigenvalue weighted by Crippen LogP contribution is 2.31. The SMILES string of the molecule is O=C1C(=O)[C@@H](CO)O[C@H]1n1c(NCc2cc(O)cc(OCCCCO)c2)nc2ccccc21. The van der Waals surface area contributed by atoms with E-state index in [-0.39, 0.29) is 18.9 Å². The fourth-order valence-electron chi connectivity index (χ4n) is 3.68. The first-order valence-electron chi connectivity index (χ1n) is 10.6. The molecule has 0 spiro atoms. The van der Waals surface area contributed by atoms with E-state index in [9.17, 15) is 19.8 Å². The average molecular weight is 455 g/mol. The van der Waals surface area contributed by atoms with E-state index in [1.807, 2.05) is 0 Å². The molecule has 0 unspecified atom stereocenters. The molecule has 0 amide bonds. The number of anilines is 1. The molecule has 1 aromatic heterocycles. The molecule has 3 aromatic rings. The lowest BCUT2D eigenvalue weighted by Gasteiger charge is -2.16. The van der Waals surface area contributed by atoms with Gasteiger partial charge in [0.05, 0.1) is 24.2 Å². The van der Waals surface area contributed by atoms with Gasteiger partial charge in [0.15, 0.2) is 0 Å². The summed E-state index contributed by atoms with van der Waals surface area (Å²) < 4.78 is 12.7. The van der Waals surface area contributed by atoms with Crippen molar-refractivity contribution in [3.63, 3.8) is 0 Å². The molecule has 1 aliphatic heterocycles. The number of aromatic hydroxyl groups is 1. The number of nitrogens with zero attached hydrogens (tertiary/aromatic N) is 2. The van der Waals surface area contributed by atoms with Gasteiger partial charge in [-0.25, -0.2) is 4.98 Å². The Morgan fingerprint density at radius 1 is 1.09 bits per heavy atom. The third-order valence-corrected chi connectivity index (χ3v) is 5.27. The van der Waals surface area contributed by atoms with Crippen LogP contribution in [0.4, 0.5) is 5.95 Å². The minimum Gasteiger partial charge on any atom is -0.508 e. The van der Waals surface area contributed by atoms with Crippen LogP contribution >= 0.6 is 0 Å². The van der Waals surface area contributed by atoms with E-state index in [4.69, 9.17) is 14.6 Å². The van der Waals surface area contributed by atoms with Gasteiger partial charge >= 0.3 is 0 Å². The summed E-state index contributed by atoms with van der Waals surface area (Å²) in [5.41, 5.74) is 1.89. The Hall–Kier alpha value is -3.47. The molecule has 10 heteroatoms. The van der Waals surface area contributed by atoms with Crippen LogP contribution in [0, 0.1) is 0 Å². The minimum absolute atomic E-state index is 0.0330. The number of ether oxygens (including phenoxy) is 2. The first kappa shape index (κ1) is 22.7. The third-order valence-electron chi connectivity index (χ3n) is 5.27. The number of Topliss-reactive ketones (excluding diaryl/α,β-unsaturated/α-hetero) is 2. The van der Waals surface area contributed by atoms with Crippen molar-refractivity contribution in [2.75, 3.05) is 25.1 Å². The monoisotopic (exact) mass is 455 g/mol. The number of aliphatic hydroxyl groups excluding tert-OH is 2. The molecule has 0 saturated carbocycles. The fraction of sp³-hybridized carbons (Fsp3) is 0.348. The number of benzene rings is 2. The lowest BCUT2D eigenvalue weighted by molar-refractivity contribution is -0.136. The van der Waals surface area contributed by atoms with Crippen molar-refractivity contribution < 1.29 is 34.4 Å². The molecule has 2 aromatic carbocycles. The lowest BCUT2D eigenvalue weighted by Crippen LogP contribution is -2.23. The topological polar surface area (TPSA) is 143 Å². The Kier molecular flexibility index (Phi) is 6.87. The van der Waals surface area contributed by atoms with Crippen LogP contribution in [0.2, 0.25) is 0 Å². The second kappa shape index (κ2) is 9.99. The zero-order chi connectivity index (χ0) is 23.4. The normalized spacial score (nSPS) is 18.2. The van der Waals surface area contributed by atoms with E-state index in [0.717, 1.165) is 0 Å². The molecule has 174 valence electrons. The van der Waals surface area contributed by atoms with Crippen molar-refractivity contribution in [2.24, 2.45) is 0 Å². The van der Waals surface area contributed by atoms with Gasteiger partial charge in [-0.15, -0.1) is 0 Å². The molecule has 1 aliphatic rings. The number of phenolic OH excluding ortho intramolecular Hbond substituents is 1. The zero-order valence-corrected chi connectivity index (χ0v) is 17.8. The highest BCUT2D eigenvalue weighted by Gasteiger charge is 2.44. The van der Waals surface area contributed by atoms with E-state index < -0.39 is 30.5 Å². The number of aliphatic hydroxyl groups is 2. The Balaban J connectivity index is 1.58. The summed E-state index contributed by atoms with van der Waals surface area (Å²) in [6.07, 6.45) is -1.12. The Labute approximate surface area is 189 Å². The van der Waals surface area contributed by atoms with Crippen LogP contribution in [0.3, 0.4) is 0 Å². The molecule has 1 fully saturated rings. The number of carbonyl (C=O) groups is 2. The molecule has 2 atom stereocenters. The molecular formula is C23H25N3O7. The van der Waals surface area contributed by atoms with E-state index in [1.54, 1.807) is 36.4 Å². The van der Waals surface area contributed by atoms with Crippen molar-refractivity contribution in [3.8, 4) is 11.5 Å². The Morgan fingerprint density at radius 2 is 1.91 bits per heavy atom. The maximum absolute atomic E-state index is 12.6. The fourth-order valence-corrected chi connectivity index (χ4v) is 3.68. The number of hydrogen-bond acceptors (Lipinski definition) is 9. The van der Waals surface area contributed by atoms with Gasteiger partial charge in [-0.3, -0.25) is 14.2 Å². The van der Waals surface area contributed by atoms with Crippen molar-refractivity contribution in [1.29, 1.82) is 0 Å². The maximum Gasteiger partial charge on any atom is 0.251 e. The second-order valence-electron chi connectivity index (χ2n) is 7.65. The molecule has 33 heavy (non-hydrogen) atoms. The highest BCUT2D eigenvalue weighted by atomic mass is 16.5. The number of rotatable bonds is 10. The zero-order valence-electron chi connectivity index (χ0n) is 17.8. The number of phenols is 1. The van der Waals surface area contributed by atoms with Gasteiger partial charge in [-0.1, -0.05) is 12.1 Å². The van der Waals surface area contributed by atoms with E-state index in [2.05, 4.69) is 10.3 Å². The summed E-state index contributed by atoms with van der Waals surface area (Å²) in [7, 11) is 0. The molecule has 0 aliphatic carbocycles. The summed E-state index contributed by atoms with van der Waals surface area (Å²) in [6.45, 7) is 0.162. The number of imidazole rings is 1. The summed E-state index contributed by atoms with van der Waals surface area (Å²) in [5.74, 6) is -0.706. The molecule has 10 nitrogen and oxygen atoms in total. The van der Waals surface area contributed by atoms with Crippen LogP contribution in [0.25, 0.3) is 11.0 Å². The van der Waals surface area contributed by atoms with Gasteiger partial charge < -0.3 is 30.1 Å². The molecule has 2 heterocycles. The van der Waals surface area contributed by atoms with Crippen LogP contribution < -0.4 is 10.1 Å². The van der Waals surface area contributed by atoms with Gasteiger partial charge in [0, 0.05) is 19.2 Å². The van der Waals surface area contributed by atoms with Crippen LogP contribution in [0.1, 0.15) is 24.6 Å². The van der Waals surface area contributed by atoms with Crippen LogP contribution in [0.5, 0.6) is 11.5 Å². The quantitative estimate of drug-likeness (QED) is 0.264. The van der Waals surface area contributed by atoms with Crippen LogP contribution in [0.15, 0.2) is 42.5 Å². The Bertz CT molecular complexity index is 1160. The molecule has 0 bridgehead atoms. The van der Waals surface area contributed by atoms with Crippen molar-refractivity contribution >= 4 is 28.5 Å². The average Bonchev–Trinajstić information content (AvgIpc) is 3.31. The number of fused-ring (bicyclic) bond motifs is 1. The van der Waals surface area contributed by atoms with Crippen molar-refractivity contribution in [2.45, 2.75) is 31.7 Å². The number of unbranched alkanes of at least 4 members (excludes halogenated alkanes) is 1. The molecular weight excluding hydrogens is 430 g/mol. The molecule has 1 saturated heterocycles. The first-order valence-corrected chi connectivity index (χ1v) is 10.6. The first-order chi connectivity index (χ1) is 16.0. The van der Waals surface area contributed by atoms with E-state index in [0.29, 0.717) is 47.7 Å². The second-order valence-corrected chi connectivity index (χ2v) is 7.65. The van der Waals surface area contributed by atoms with Gasteiger partial charge in [0.25, 0.3) is 5.78 Å². The van der Waals surface area contributed by atoms with Crippen molar-refractivity contribution in [3.05, 3.63) is 48.0 Å². The number of hydrogen-bond donors (Lipinski definition) is 4. The van der Waals surface area contributed by atoms with Gasteiger partial charge in [-0.2, -0.15) is 0 Å². The summed E-state index contributed by atoms with van der Waals surface area (Å²) >= 11 is 0. The van der Waals surface area contributed by atoms with E-state index >= 15 is 0 Å². The smallest absolute Gasteiger partial charge is 0.251 e. The summed E-state index contributed by atoms with van der Waals surface area (Å²) in [5, 5.41) is 31.4. The largest absolute Gasteiger partial charge is 0.508 e. The Morgan fingerprint density at radius 3 is 2.67 bits per heavy atom. The van der Waals surface area contributed by atoms with Gasteiger partial charge in [-0.05, 0) is 42.7 Å². The van der Waals surface area contributed by atoms with Crippen LogP contribution in [-0.2, 0) is 20.9 Å². The van der Waals surface area contributed by atoms with E-state index in [1.165, 1.54) is 10.6 Å². The highest BCUT2D eigenvalue weighted by molar-refractivity contribution is 6.41. The number of ketones is 2. The summed E-state index contributed by atoms with van der Waals surface area (Å²) in [6, 6.07) is 12.0. The number of aromatic nitrogens is 2. The summed E-state index contributed by atoms with van der Waals surface area (Å²) in [4.78, 5) is 29.2. The third kappa shape index (κ3) is 4.82. The maximum atomic E-state index is 12.6. The molecule has 4 N–H and O–H groups in total. The molecule has 4 rings (SSSR count). The van der Waals surface area contributed by atoms with Gasteiger partial charge in [0.2, 0.25) is 18.0 Å². The lowest BCUT2D eigenvalue weighted by atomic mass is 10.2. The van der Waals surface area contributed by atoms with Crippen LogP contribution in [-0.4, -0.2) is 62.4 Å². The minimum atomic E-state index is -1.24. The predicted molar refractivity (Wildman–Crippen MR) is 118 cm³/mol. The van der Waals surface area contributed by atoms with Crippen molar-refractivity contribution in [1.82, 2.24) is 9.55 Å². The number of carbonyl (C=O) groups excluding carboxylic acids is 2. The van der Waals surface area contributed by atoms with Gasteiger partial charge in [0.1, 0.15) is 17.6 Å². The molecule has 0 radical (unpaired) electrons. The predicted octanol–water partition coefficient (Wildman–Crippen LogP) is 1.53. The number of nitrogens with one attached hydrogen (secondary N) is 1. The number of para-hydroxylation sites is 2.